The third kappa shape index (κ3) is 2.42. The number of hydrogen-bond acceptors (Lipinski definition) is 3. The molecule has 0 aliphatic heterocycles. The number of aromatic carboxylic acids is 1. The first kappa shape index (κ1) is 14.1. The van der Waals surface area contributed by atoms with E-state index < -0.39 is 5.97 Å². The normalized spacial score (nSPS) is 17.3. The van der Waals surface area contributed by atoms with Crippen molar-refractivity contribution in [2.24, 2.45) is 0 Å². The molecule has 1 atom stereocenters. The third-order valence-corrected chi connectivity index (χ3v) is 5.14. The van der Waals surface area contributed by atoms with Crippen LogP contribution >= 0.6 is 11.3 Å². The van der Waals surface area contributed by atoms with Gasteiger partial charge in [-0.25, -0.2) is 9.18 Å². The highest BCUT2D eigenvalue weighted by Gasteiger charge is 2.28. The molecule has 0 saturated heterocycles. The van der Waals surface area contributed by atoms with Crippen molar-refractivity contribution in [3.63, 3.8) is 0 Å². The maximum atomic E-state index is 13.8. The van der Waals surface area contributed by atoms with Crippen LogP contribution in [-0.2, 0) is 12.8 Å². The molecule has 5 heteroatoms. The van der Waals surface area contributed by atoms with Crippen molar-refractivity contribution in [1.29, 1.82) is 0 Å². The first-order chi connectivity index (χ1) is 10.1. The second-order valence-electron chi connectivity index (χ2n) is 5.27. The molecule has 0 bridgehead atoms. The Morgan fingerprint density at radius 1 is 1.48 bits per heavy atom. The van der Waals surface area contributed by atoms with E-state index in [1.807, 2.05) is 11.4 Å². The molecule has 1 unspecified atom stereocenters. The van der Waals surface area contributed by atoms with Gasteiger partial charge in [0.1, 0.15) is 10.8 Å². The zero-order valence-corrected chi connectivity index (χ0v) is 12.5. The highest BCUT2D eigenvalue weighted by atomic mass is 32.1. The summed E-state index contributed by atoms with van der Waals surface area (Å²) in [6.07, 6.45) is 2.15. The Hall–Kier alpha value is -1.88. The van der Waals surface area contributed by atoms with Gasteiger partial charge < -0.3 is 10.4 Å². The summed E-state index contributed by atoms with van der Waals surface area (Å²) in [7, 11) is 1.73. The van der Waals surface area contributed by atoms with E-state index in [0.29, 0.717) is 23.4 Å². The van der Waals surface area contributed by atoms with Gasteiger partial charge >= 0.3 is 5.97 Å². The Morgan fingerprint density at radius 3 is 3.00 bits per heavy atom. The van der Waals surface area contributed by atoms with Crippen molar-refractivity contribution in [3.8, 4) is 0 Å². The number of hydrogen-bond donors (Lipinski definition) is 2. The van der Waals surface area contributed by atoms with Crippen LogP contribution in [0, 0.1) is 5.82 Å². The number of carboxylic acids is 1. The molecule has 21 heavy (non-hydrogen) atoms. The predicted octanol–water partition coefficient (Wildman–Crippen LogP) is 3.90. The summed E-state index contributed by atoms with van der Waals surface area (Å²) in [6, 6.07) is 5.16. The first-order valence-electron chi connectivity index (χ1n) is 6.90. The van der Waals surface area contributed by atoms with Crippen LogP contribution in [0.25, 0.3) is 0 Å². The molecule has 2 N–H and O–H groups in total. The molecule has 3 nitrogen and oxygen atoms in total. The Labute approximate surface area is 126 Å². The van der Waals surface area contributed by atoms with Gasteiger partial charge in [0.2, 0.25) is 0 Å². The van der Waals surface area contributed by atoms with Crippen molar-refractivity contribution in [1.82, 2.24) is 0 Å². The molecular formula is C16H16FNO2S. The number of halogens is 1. The van der Waals surface area contributed by atoms with E-state index in [9.17, 15) is 14.3 Å². The third-order valence-electron chi connectivity index (χ3n) is 4.13. The van der Waals surface area contributed by atoms with Gasteiger partial charge in [-0.3, -0.25) is 0 Å². The van der Waals surface area contributed by atoms with E-state index in [2.05, 4.69) is 5.32 Å². The van der Waals surface area contributed by atoms with E-state index in [4.69, 9.17) is 0 Å². The summed E-state index contributed by atoms with van der Waals surface area (Å²) in [6.45, 7) is 0. The largest absolute Gasteiger partial charge is 0.478 e. The van der Waals surface area contributed by atoms with Crippen LogP contribution in [-0.4, -0.2) is 18.1 Å². The number of benzene rings is 1. The SMILES string of the molecule is CNc1scc(C2CCc3c(F)cccc3C2)c1C(=O)O. The highest BCUT2D eigenvalue weighted by molar-refractivity contribution is 7.14. The second kappa shape index (κ2) is 5.48. The van der Waals surface area contributed by atoms with Gasteiger partial charge in [-0.2, -0.15) is 0 Å². The van der Waals surface area contributed by atoms with Crippen LogP contribution in [0.15, 0.2) is 23.6 Å². The van der Waals surface area contributed by atoms with Gasteiger partial charge in [0.25, 0.3) is 0 Å². The highest BCUT2D eigenvalue weighted by Crippen LogP contribution is 2.39. The van der Waals surface area contributed by atoms with Crippen molar-refractivity contribution in [2.75, 3.05) is 12.4 Å². The minimum Gasteiger partial charge on any atom is -0.478 e. The summed E-state index contributed by atoms with van der Waals surface area (Å²) >= 11 is 1.42. The van der Waals surface area contributed by atoms with E-state index in [0.717, 1.165) is 23.1 Å². The summed E-state index contributed by atoms with van der Waals surface area (Å²) in [5.74, 6) is -0.907. The molecular weight excluding hydrogens is 289 g/mol. The standard InChI is InChI=1S/C16H16FNO2S/c1-18-15-14(16(19)20)12(8-21-15)10-5-6-11-9(7-10)3-2-4-13(11)17/h2-4,8,10,18H,5-7H2,1H3,(H,19,20). The number of nitrogens with one attached hydrogen (secondary N) is 1. The Bertz CT molecular complexity index is 696. The number of anilines is 1. The van der Waals surface area contributed by atoms with Crippen LogP contribution in [0.1, 0.15) is 39.4 Å². The minimum absolute atomic E-state index is 0.142. The van der Waals surface area contributed by atoms with Crippen LogP contribution in [0.2, 0.25) is 0 Å². The van der Waals surface area contributed by atoms with Crippen LogP contribution < -0.4 is 5.32 Å². The van der Waals surface area contributed by atoms with Gasteiger partial charge in [-0.15, -0.1) is 11.3 Å². The number of carbonyl (C=O) groups is 1. The van der Waals surface area contributed by atoms with Crippen molar-refractivity contribution >= 4 is 22.3 Å². The molecule has 0 fully saturated rings. The monoisotopic (exact) mass is 305 g/mol. The van der Waals surface area contributed by atoms with Crippen molar-refractivity contribution in [3.05, 3.63) is 51.7 Å². The smallest absolute Gasteiger partial charge is 0.338 e. The Balaban J connectivity index is 1.97. The topological polar surface area (TPSA) is 49.3 Å². The first-order valence-corrected chi connectivity index (χ1v) is 7.78. The molecule has 1 aromatic heterocycles. The molecule has 0 amide bonds. The lowest BCUT2D eigenvalue weighted by Crippen LogP contribution is -2.16. The zero-order valence-electron chi connectivity index (χ0n) is 11.6. The summed E-state index contributed by atoms with van der Waals surface area (Å²) in [4.78, 5) is 11.5. The molecule has 0 saturated carbocycles. The Morgan fingerprint density at radius 2 is 2.29 bits per heavy atom. The van der Waals surface area contributed by atoms with Gasteiger partial charge in [-0.05, 0) is 53.3 Å². The lowest BCUT2D eigenvalue weighted by Gasteiger charge is -2.25. The van der Waals surface area contributed by atoms with E-state index in [-0.39, 0.29) is 11.7 Å². The lowest BCUT2D eigenvalue weighted by atomic mass is 9.79. The quantitative estimate of drug-likeness (QED) is 0.904. The molecule has 1 aliphatic rings. The van der Waals surface area contributed by atoms with Crippen LogP contribution in [0.5, 0.6) is 0 Å². The summed E-state index contributed by atoms with van der Waals surface area (Å²) in [5, 5.41) is 15.0. The van der Waals surface area contributed by atoms with Crippen LogP contribution in [0.3, 0.4) is 0 Å². The average molecular weight is 305 g/mol. The average Bonchev–Trinajstić information content (AvgIpc) is 2.91. The molecule has 1 aromatic carbocycles. The van der Waals surface area contributed by atoms with Gasteiger partial charge in [0.05, 0.1) is 5.56 Å². The van der Waals surface area contributed by atoms with Gasteiger partial charge in [0.15, 0.2) is 0 Å². The maximum Gasteiger partial charge on any atom is 0.338 e. The second-order valence-corrected chi connectivity index (χ2v) is 6.15. The van der Waals surface area contributed by atoms with Crippen molar-refractivity contribution in [2.45, 2.75) is 25.2 Å². The molecule has 0 spiro atoms. The number of thiophene rings is 1. The molecule has 1 heterocycles. The predicted molar refractivity (Wildman–Crippen MR) is 82.0 cm³/mol. The van der Waals surface area contributed by atoms with Gasteiger partial charge in [0, 0.05) is 7.05 Å². The molecule has 110 valence electrons. The zero-order chi connectivity index (χ0) is 15.0. The van der Waals surface area contributed by atoms with Crippen LogP contribution in [0.4, 0.5) is 9.39 Å². The molecule has 1 aliphatic carbocycles. The molecule has 2 aromatic rings. The fraction of sp³-hybridized carbons (Fsp3) is 0.312. The minimum atomic E-state index is -0.902. The molecule has 0 radical (unpaired) electrons. The number of rotatable bonds is 3. The fourth-order valence-corrected chi connectivity index (χ4v) is 4.10. The lowest BCUT2D eigenvalue weighted by molar-refractivity contribution is 0.0696. The van der Waals surface area contributed by atoms with E-state index >= 15 is 0 Å². The fourth-order valence-electron chi connectivity index (χ4n) is 3.10. The van der Waals surface area contributed by atoms with Crippen molar-refractivity contribution < 1.29 is 14.3 Å². The van der Waals surface area contributed by atoms with E-state index in [1.165, 1.54) is 17.4 Å². The molecule has 3 rings (SSSR count). The Kier molecular flexibility index (Phi) is 3.68. The maximum absolute atomic E-state index is 13.8. The summed E-state index contributed by atoms with van der Waals surface area (Å²) < 4.78 is 13.8. The van der Waals surface area contributed by atoms with E-state index in [1.54, 1.807) is 13.1 Å². The van der Waals surface area contributed by atoms with Gasteiger partial charge in [-0.1, -0.05) is 12.1 Å². The number of carboxylic acid groups (broad SMARTS) is 1. The summed E-state index contributed by atoms with van der Waals surface area (Å²) in [5.41, 5.74) is 3.02. The number of fused-ring (bicyclic) bond motifs is 1.